The molecule has 0 radical (unpaired) electrons. The van der Waals surface area contributed by atoms with Crippen LogP contribution in [0.15, 0.2) is 24.3 Å². The highest BCUT2D eigenvalue weighted by Gasteiger charge is 2.08. The predicted molar refractivity (Wildman–Crippen MR) is 40.0 cm³/mol. The van der Waals surface area contributed by atoms with Gasteiger partial charge in [-0.3, -0.25) is 0 Å². The van der Waals surface area contributed by atoms with Crippen molar-refractivity contribution in [2.45, 2.75) is 19.4 Å². The Balaban J connectivity index is 2.46. The van der Waals surface area contributed by atoms with Gasteiger partial charge in [-0.25, -0.2) is 0 Å². The van der Waals surface area contributed by atoms with Crippen LogP contribution in [0.1, 0.15) is 13.3 Å². The van der Waals surface area contributed by atoms with Gasteiger partial charge >= 0.3 is 0 Å². The fourth-order valence-corrected chi connectivity index (χ4v) is 0.990. The Hall–Kier alpha value is -0.560. The number of rotatable bonds is 1. The Morgan fingerprint density at radius 3 is 2.67 bits per heavy atom. The van der Waals surface area contributed by atoms with E-state index in [1.165, 1.54) is 0 Å². The van der Waals surface area contributed by atoms with Crippen LogP contribution >= 0.6 is 0 Å². The number of hydrogen-bond donors (Lipinski definition) is 1. The molecule has 0 aromatic rings. The molecule has 1 unspecified atom stereocenters. The van der Waals surface area contributed by atoms with E-state index in [0.717, 1.165) is 6.42 Å². The molecule has 1 nitrogen and oxygen atoms in total. The third-order valence-electron chi connectivity index (χ3n) is 1.69. The van der Waals surface area contributed by atoms with Crippen molar-refractivity contribution in [2.24, 2.45) is 11.7 Å². The maximum atomic E-state index is 5.68. The summed E-state index contributed by atoms with van der Waals surface area (Å²) in [5.74, 6) is 0.565. The highest BCUT2D eigenvalue weighted by atomic mass is 14.6. The topological polar surface area (TPSA) is 26.0 Å². The molecule has 0 spiro atoms. The zero-order valence-electron chi connectivity index (χ0n) is 5.75. The molecule has 1 aliphatic rings. The summed E-state index contributed by atoms with van der Waals surface area (Å²) in [6.07, 6.45) is 9.57. The fraction of sp³-hybridized carbons (Fsp3) is 0.500. The van der Waals surface area contributed by atoms with Gasteiger partial charge in [-0.15, -0.1) is 0 Å². The highest BCUT2D eigenvalue weighted by Crippen LogP contribution is 2.13. The molecule has 9 heavy (non-hydrogen) atoms. The first-order chi connectivity index (χ1) is 4.30. The van der Waals surface area contributed by atoms with E-state index in [2.05, 4.69) is 24.3 Å². The first-order valence-electron chi connectivity index (χ1n) is 3.39. The van der Waals surface area contributed by atoms with Gasteiger partial charge in [-0.2, -0.15) is 0 Å². The summed E-state index contributed by atoms with van der Waals surface area (Å²) in [5, 5.41) is 0. The molecule has 0 aromatic carbocycles. The molecule has 0 aromatic heterocycles. The molecule has 0 aliphatic heterocycles. The SMILES string of the molecule is C[C@H](N)C1C=CC=CC1. The monoisotopic (exact) mass is 123 g/mol. The van der Waals surface area contributed by atoms with Gasteiger partial charge in [-0.1, -0.05) is 24.3 Å². The van der Waals surface area contributed by atoms with E-state index < -0.39 is 0 Å². The molecule has 1 rings (SSSR count). The molecule has 0 amide bonds. The summed E-state index contributed by atoms with van der Waals surface area (Å²) in [6, 6.07) is 0.297. The molecule has 2 atom stereocenters. The van der Waals surface area contributed by atoms with Gasteiger partial charge in [-0.05, 0) is 19.3 Å². The van der Waals surface area contributed by atoms with Crippen molar-refractivity contribution in [2.75, 3.05) is 0 Å². The molecule has 0 saturated carbocycles. The Bertz CT molecular complexity index is 134. The van der Waals surface area contributed by atoms with Gasteiger partial charge < -0.3 is 5.73 Å². The third kappa shape index (κ3) is 1.68. The van der Waals surface area contributed by atoms with Gasteiger partial charge in [0, 0.05) is 6.04 Å². The van der Waals surface area contributed by atoms with Crippen LogP contribution in [0.25, 0.3) is 0 Å². The molecule has 0 heterocycles. The first kappa shape index (κ1) is 6.56. The highest BCUT2D eigenvalue weighted by molar-refractivity contribution is 5.12. The van der Waals surface area contributed by atoms with Crippen LogP contribution in [0.5, 0.6) is 0 Å². The summed E-state index contributed by atoms with van der Waals surface area (Å²) in [5.41, 5.74) is 5.68. The largest absolute Gasteiger partial charge is 0.327 e. The van der Waals surface area contributed by atoms with Crippen LogP contribution in [0, 0.1) is 5.92 Å². The van der Waals surface area contributed by atoms with Crippen molar-refractivity contribution in [3.05, 3.63) is 24.3 Å². The second-order valence-corrected chi connectivity index (χ2v) is 2.57. The van der Waals surface area contributed by atoms with E-state index in [4.69, 9.17) is 5.73 Å². The molecule has 0 saturated heterocycles. The summed E-state index contributed by atoms with van der Waals surface area (Å²) in [6.45, 7) is 2.05. The molecule has 50 valence electrons. The van der Waals surface area contributed by atoms with Crippen molar-refractivity contribution >= 4 is 0 Å². The minimum Gasteiger partial charge on any atom is -0.327 e. The summed E-state index contributed by atoms with van der Waals surface area (Å²) in [4.78, 5) is 0. The van der Waals surface area contributed by atoms with E-state index >= 15 is 0 Å². The Kier molecular flexibility index (Phi) is 2.06. The van der Waals surface area contributed by atoms with Crippen LogP contribution < -0.4 is 5.73 Å². The lowest BCUT2D eigenvalue weighted by atomic mass is 9.95. The predicted octanol–water partition coefficient (Wildman–Crippen LogP) is 1.47. The summed E-state index contributed by atoms with van der Waals surface area (Å²) >= 11 is 0. The summed E-state index contributed by atoms with van der Waals surface area (Å²) < 4.78 is 0. The van der Waals surface area contributed by atoms with E-state index in [-0.39, 0.29) is 0 Å². The molecule has 0 bridgehead atoms. The van der Waals surface area contributed by atoms with Crippen molar-refractivity contribution in [3.63, 3.8) is 0 Å². The van der Waals surface area contributed by atoms with Gasteiger partial charge in [0.25, 0.3) is 0 Å². The molecule has 1 heteroatoms. The van der Waals surface area contributed by atoms with E-state index in [9.17, 15) is 0 Å². The molecule has 1 aliphatic carbocycles. The van der Waals surface area contributed by atoms with Crippen molar-refractivity contribution in [1.82, 2.24) is 0 Å². The van der Waals surface area contributed by atoms with Crippen LogP contribution in [0.2, 0.25) is 0 Å². The molecule has 2 N–H and O–H groups in total. The quantitative estimate of drug-likeness (QED) is 0.561. The van der Waals surface area contributed by atoms with Gasteiger partial charge in [0.1, 0.15) is 0 Å². The standard InChI is InChI=1S/C8H13N/c1-7(9)8-5-3-2-4-6-8/h2-5,7-8H,6,9H2,1H3/t7-,8?/m0/s1. The number of hydrogen-bond acceptors (Lipinski definition) is 1. The maximum Gasteiger partial charge on any atom is 0.00764 e. The van der Waals surface area contributed by atoms with Crippen LogP contribution in [0.4, 0.5) is 0 Å². The van der Waals surface area contributed by atoms with Gasteiger partial charge in [0.15, 0.2) is 0 Å². The second-order valence-electron chi connectivity index (χ2n) is 2.57. The number of allylic oxidation sites excluding steroid dienone is 3. The zero-order valence-corrected chi connectivity index (χ0v) is 5.75. The van der Waals surface area contributed by atoms with E-state index in [1.54, 1.807) is 0 Å². The van der Waals surface area contributed by atoms with Crippen molar-refractivity contribution in [3.8, 4) is 0 Å². The molecular weight excluding hydrogens is 110 g/mol. The lowest BCUT2D eigenvalue weighted by Gasteiger charge is -2.15. The Labute approximate surface area is 56.2 Å². The normalized spacial score (nSPS) is 28.4. The van der Waals surface area contributed by atoms with Crippen LogP contribution in [0.3, 0.4) is 0 Å². The minimum atomic E-state index is 0.297. The van der Waals surface area contributed by atoms with Crippen LogP contribution in [-0.4, -0.2) is 6.04 Å². The zero-order chi connectivity index (χ0) is 6.69. The average molecular weight is 123 g/mol. The Morgan fingerprint density at radius 2 is 2.33 bits per heavy atom. The molecular formula is C8H13N. The van der Waals surface area contributed by atoms with Gasteiger partial charge in [0.2, 0.25) is 0 Å². The second kappa shape index (κ2) is 2.83. The average Bonchev–Trinajstić information content (AvgIpc) is 1.90. The maximum absolute atomic E-state index is 5.68. The van der Waals surface area contributed by atoms with Crippen molar-refractivity contribution < 1.29 is 0 Å². The fourth-order valence-electron chi connectivity index (χ4n) is 0.990. The minimum absolute atomic E-state index is 0.297. The first-order valence-corrected chi connectivity index (χ1v) is 3.39. The lowest BCUT2D eigenvalue weighted by molar-refractivity contribution is 0.538. The molecule has 0 fully saturated rings. The van der Waals surface area contributed by atoms with E-state index in [0.29, 0.717) is 12.0 Å². The lowest BCUT2D eigenvalue weighted by Crippen LogP contribution is -2.25. The number of nitrogens with two attached hydrogens (primary N) is 1. The van der Waals surface area contributed by atoms with E-state index in [1.807, 2.05) is 6.92 Å². The van der Waals surface area contributed by atoms with Gasteiger partial charge in [0.05, 0.1) is 0 Å². The van der Waals surface area contributed by atoms with Crippen molar-refractivity contribution in [1.29, 1.82) is 0 Å². The van der Waals surface area contributed by atoms with Crippen LogP contribution in [-0.2, 0) is 0 Å². The Morgan fingerprint density at radius 1 is 1.56 bits per heavy atom. The third-order valence-corrected chi connectivity index (χ3v) is 1.69. The smallest absolute Gasteiger partial charge is 0.00764 e. The summed E-state index contributed by atoms with van der Waals surface area (Å²) in [7, 11) is 0.